The summed E-state index contributed by atoms with van der Waals surface area (Å²) in [7, 11) is 0. The highest BCUT2D eigenvalue weighted by Gasteiger charge is 2.00. The molecule has 0 aliphatic rings. The van der Waals surface area contributed by atoms with Crippen molar-refractivity contribution in [1.82, 2.24) is 0 Å². The van der Waals surface area contributed by atoms with E-state index in [0.717, 1.165) is 0 Å². The number of aromatic hydroxyl groups is 1. The molecule has 0 saturated carbocycles. The van der Waals surface area contributed by atoms with Gasteiger partial charge in [0.15, 0.2) is 0 Å². The topological polar surface area (TPSA) is 98.4 Å². The van der Waals surface area contributed by atoms with Gasteiger partial charge in [0.2, 0.25) is 0 Å². The monoisotopic (exact) mass is 164 g/mol. The molecule has 12 heavy (non-hydrogen) atoms. The molecule has 0 spiro atoms. The second kappa shape index (κ2) is 3.36. The molecule has 6 nitrogen and oxygen atoms in total. The summed E-state index contributed by atoms with van der Waals surface area (Å²) in [6, 6.07) is 3.81. The van der Waals surface area contributed by atoms with Crippen LogP contribution in [0.2, 0.25) is 0 Å². The summed E-state index contributed by atoms with van der Waals surface area (Å²) in [6.07, 6.45) is 0. The average molecular weight is 164 g/mol. The van der Waals surface area contributed by atoms with Crippen LogP contribution in [0.15, 0.2) is 28.5 Å². The molecular weight excluding hydrogens is 160 g/mol. The number of nitroso groups, excluding NO2 is 1. The lowest BCUT2D eigenvalue weighted by atomic mass is 10.3. The highest BCUT2D eigenvalue weighted by molar-refractivity contribution is 5.58. The van der Waals surface area contributed by atoms with Gasteiger partial charge in [0.25, 0.3) is 0 Å². The first-order valence-corrected chi connectivity index (χ1v) is 2.99. The van der Waals surface area contributed by atoms with Crippen molar-refractivity contribution in [2.75, 3.05) is 0 Å². The van der Waals surface area contributed by atoms with Crippen molar-refractivity contribution >= 4 is 11.4 Å². The molecule has 0 unspecified atom stereocenters. The molecule has 0 aromatic heterocycles. The van der Waals surface area contributed by atoms with Crippen LogP contribution in [-0.4, -0.2) is 5.11 Å². The first-order valence-electron chi connectivity index (χ1n) is 2.99. The summed E-state index contributed by atoms with van der Waals surface area (Å²) in [6.45, 7) is 0. The van der Waals surface area contributed by atoms with E-state index in [4.69, 9.17) is 10.6 Å². The number of phenols is 1. The lowest BCUT2D eigenvalue weighted by Crippen LogP contribution is -1.66. The maximum absolute atomic E-state index is 10.0. The number of azide groups is 1. The summed E-state index contributed by atoms with van der Waals surface area (Å²) in [4.78, 5) is 12.5. The summed E-state index contributed by atoms with van der Waals surface area (Å²) < 4.78 is 0. The molecule has 0 atom stereocenters. The zero-order chi connectivity index (χ0) is 8.97. The average Bonchev–Trinajstić information content (AvgIpc) is 2.09. The minimum Gasteiger partial charge on any atom is -0.506 e. The summed E-state index contributed by atoms with van der Waals surface area (Å²) in [5.41, 5.74) is 8.14. The zero-order valence-electron chi connectivity index (χ0n) is 5.88. The predicted molar refractivity (Wildman–Crippen MR) is 42.4 cm³/mol. The van der Waals surface area contributed by atoms with E-state index in [9.17, 15) is 4.91 Å². The van der Waals surface area contributed by atoms with Gasteiger partial charge in [-0.15, -0.1) is 4.91 Å². The minimum atomic E-state index is -0.234. The second-order valence-electron chi connectivity index (χ2n) is 1.95. The van der Waals surface area contributed by atoms with Crippen molar-refractivity contribution in [2.45, 2.75) is 0 Å². The SMILES string of the molecule is [N-]=[N+]=Nc1ccc(O)c(N=O)c1. The van der Waals surface area contributed by atoms with Crippen LogP contribution in [0.5, 0.6) is 5.75 Å². The fourth-order valence-corrected chi connectivity index (χ4v) is 0.699. The Bertz CT molecular complexity index is 357. The van der Waals surface area contributed by atoms with Gasteiger partial charge in [0, 0.05) is 10.6 Å². The molecule has 1 N–H and O–H groups in total. The molecule has 0 fully saturated rings. The third kappa shape index (κ3) is 1.50. The van der Waals surface area contributed by atoms with Crippen molar-refractivity contribution in [3.05, 3.63) is 33.5 Å². The normalized spacial score (nSPS) is 8.67. The van der Waals surface area contributed by atoms with Crippen LogP contribution in [0.3, 0.4) is 0 Å². The third-order valence-electron chi connectivity index (χ3n) is 1.22. The first kappa shape index (κ1) is 8.03. The fraction of sp³-hybridized carbons (Fsp3) is 0. The van der Waals surface area contributed by atoms with E-state index >= 15 is 0 Å². The van der Waals surface area contributed by atoms with E-state index in [2.05, 4.69) is 15.2 Å². The Morgan fingerprint density at radius 1 is 1.50 bits per heavy atom. The Morgan fingerprint density at radius 2 is 2.25 bits per heavy atom. The molecular formula is C6H4N4O2. The number of benzene rings is 1. The molecule has 0 amide bonds. The van der Waals surface area contributed by atoms with Crippen molar-refractivity contribution in [3.8, 4) is 5.75 Å². The van der Waals surface area contributed by atoms with Crippen molar-refractivity contribution in [3.63, 3.8) is 0 Å². The van der Waals surface area contributed by atoms with Gasteiger partial charge in [-0.25, -0.2) is 0 Å². The number of rotatable bonds is 2. The van der Waals surface area contributed by atoms with Crippen molar-refractivity contribution in [2.24, 2.45) is 10.3 Å². The zero-order valence-corrected chi connectivity index (χ0v) is 5.88. The van der Waals surface area contributed by atoms with Crippen LogP contribution >= 0.6 is 0 Å². The Hall–Kier alpha value is -2.07. The van der Waals surface area contributed by atoms with Gasteiger partial charge in [-0.1, -0.05) is 5.11 Å². The Balaban J connectivity index is 3.21. The molecule has 60 valence electrons. The van der Waals surface area contributed by atoms with Gasteiger partial charge < -0.3 is 5.11 Å². The molecule has 0 bridgehead atoms. The lowest BCUT2D eigenvalue weighted by Gasteiger charge is -1.94. The van der Waals surface area contributed by atoms with Gasteiger partial charge >= 0.3 is 0 Å². The Labute approximate surface area is 67.1 Å². The smallest absolute Gasteiger partial charge is 0.150 e. The maximum Gasteiger partial charge on any atom is 0.150 e. The molecule has 6 heteroatoms. The van der Waals surface area contributed by atoms with Crippen LogP contribution in [0.4, 0.5) is 11.4 Å². The van der Waals surface area contributed by atoms with E-state index in [-0.39, 0.29) is 17.1 Å². The third-order valence-corrected chi connectivity index (χ3v) is 1.22. The maximum atomic E-state index is 10.0. The standard InChI is InChI=1S/C6H4N4O2/c7-10-8-4-1-2-6(11)5(3-4)9-12/h1-3,11H. The number of hydrogen-bond donors (Lipinski definition) is 1. The molecule has 0 aliphatic carbocycles. The lowest BCUT2D eigenvalue weighted by molar-refractivity contribution is 0.477. The van der Waals surface area contributed by atoms with Crippen molar-refractivity contribution in [1.29, 1.82) is 0 Å². The Kier molecular flexibility index (Phi) is 2.25. The quantitative estimate of drug-likeness (QED) is 0.314. The van der Waals surface area contributed by atoms with Crippen LogP contribution in [0, 0.1) is 4.91 Å². The van der Waals surface area contributed by atoms with E-state index in [1.54, 1.807) is 0 Å². The van der Waals surface area contributed by atoms with Crippen LogP contribution in [0.25, 0.3) is 10.4 Å². The molecule has 1 aromatic rings. The van der Waals surface area contributed by atoms with Gasteiger partial charge in [0.1, 0.15) is 11.4 Å². The predicted octanol–water partition coefficient (Wildman–Crippen LogP) is 2.73. The van der Waals surface area contributed by atoms with Crippen LogP contribution < -0.4 is 0 Å². The van der Waals surface area contributed by atoms with Gasteiger partial charge in [-0.3, -0.25) is 0 Å². The molecule has 1 rings (SSSR count). The number of nitrogens with zero attached hydrogens (tertiary/aromatic N) is 4. The largest absolute Gasteiger partial charge is 0.506 e. The van der Waals surface area contributed by atoms with Gasteiger partial charge in [0.05, 0.1) is 0 Å². The van der Waals surface area contributed by atoms with Crippen molar-refractivity contribution < 1.29 is 5.11 Å². The molecule has 0 saturated heterocycles. The molecule has 0 radical (unpaired) electrons. The first-order chi connectivity index (χ1) is 5.77. The van der Waals surface area contributed by atoms with E-state index in [1.807, 2.05) is 0 Å². The molecule has 1 aromatic carbocycles. The van der Waals surface area contributed by atoms with E-state index in [1.165, 1.54) is 18.2 Å². The fourth-order valence-electron chi connectivity index (χ4n) is 0.699. The molecule has 0 aliphatic heterocycles. The van der Waals surface area contributed by atoms with Gasteiger partial charge in [-0.05, 0) is 28.9 Å². The number of phenolic OH excluding ortho intramolecular Hbond substituents is 1. The van der Waals surface area contributed by atoms with Gasteiger partial charge in [-0.2, -0.15) is 0 Å². The van der Waals surface area contributed by atoms with E-state index < -0.39 is 0 Å². The highest BCUT2D eigenvalue weighted by atomic mass is 16.3. The summed E-state index contributed by atoms with van der Waals surface area (Å²) in [5.74, 6) is -0.234. The summed E-state index contributed by atoms with van der Waals surface area (Å²) >= 11 is 0. The Morgan fingerprint density at radius 3 is 2.83 bits per heavy atom. The van der Waals surface area contributed by atoms with Crippen LogP contribution in [0.1, 0.15) is 0 Å². The van der Waals surface area contributed by atoms with E-state index in [0.29, 0.717) is 0 Å². The van der Waals surface area contributed by atoms with Crippen LogP contribution in [-0.2, 0) is 0 Å². The minimum absolute atomic E-state index is 0.139. The second-order valence-corrected chi connectivity index (χ2v) is 1.95. The number of hydrogen-bond acceptors (Lipinski definition) is 4. The molecule has 0 heterocycles. The summed E-state index contributed by atoms with van der Waals surface area (Å²) in [5, 5.41) is 14.7. The highest BCUT2D eigenvalue weighted by Crippen LogP contribution is 2.30.